The maximum atomic E-state index is 12.5. The van der Waals surface area contributed by atoms with Crippen molar-refractivity contribution in [1.82, 2.24) is 10.3 Å². The van der Waals surface area contributed by atoms with Crippen LogP contribution in [0.15, 0.2) is 34.9 Å². The molecule has 1 N–H and O–H groups in total. The Hall–Kier alpha value is -2.34. The third kappa shape index (κ3) is 4.32. The Labute approximate surface area is 136 Å². The fourth-order valence-corrected chi connectivity index (χ4v) is 2.18. The number of pyridine rings is 1. The Bertz CT molecular complexity index is 652. The predicted octanol–water partition coefficient (Wildman–Crippen LogP) is 2.42. The zero-order valence-electron chi connectivity index (χ0n) is 14.0. The quantitative estimate of drug-likeness (QED) is 0.849. The molecule has 2 heterocycles. The van der Waals surface area contributed by atoms with Gasteiger partial charge in [0.1, 0.15) is 23.4 Å². The second kappa shape index (κ2) is 7.78. The number of hydrogen-bond acceptors (Lipinski definition) is 5. The molecule has 6 heteroatoms. The van der Waals surface area contributed by atoms with Crippen LogP contribution in [-0.4, -0.2) is 38.7 Å². The van der Waals surface area contributed by atoms with Gasteiger partial charge in [0.2, 0.25) is 0 Å². The van der Waals surface area contributed by atoms with Crippen molar-refractivity contribution in [1.29, 1.82) is 0 Å². The van der Waals surface area contributed by atoms with Crippen LogP contribution >= 0.6 is 0 Å². The van der Waals surface area contributed by atoms with E-state index in [0.29, 0.717) is 17.9 Å². The summed E-state index contributed by atoms with van der Waals surface area (Å²) in [6, 6.07) is 6.90. The topological polar surface area (TPSA) is 67.6 Å². The average Bonchev–Trinajstić information content (AvgIpc) is 3.03. The van der Waals surface area contributed by atoms with Crippen LogP contribution in [0.25, 0.3) is 0 Å². The van der Waals surface area contributed by atoms with Crippen LogP contribution in [0.2, 0.25) is 0 Å². The summed E-state index contributed by atoms with van der Waals surface area (Å²) in [6.07, 6.45) is 2.43. The lowest BCUT2D eigenvalue weighted by Gasteiger charge is -2.17. The highest BCUT2D eigenvalue weighted by Gasteiger charge is 2.19. The molecule has 0 fully saturated rings. The molecule has 2 aromatic rings. The van der Waals surface area contributed by atoms with E-state index < -0.39 is 0 Å². The molecule has 6 nitrogen and oxygen atoms in total. The molecule has 0 radical (unpaired) electrons. The Kier molecular flexibility index (Phi) is 5.76. The number of hydrogen-bond donors (Lipinski definition) is 1. The van der Waals surface area contributed by atoms with Crippen LogP contribution in [-0.2, 0) is 11.2 Å². The largest absolute Gasteiger partial charge is 0.464 e. The standard InChI is InChI=1S/C17H23N3O3/c1-5-13-6-7-15(23-13)14(11-22-4)19-17(21)12-8-9-18-16(10-12)20(2)3/h6-10,14H,5,11H2,1-4H3,(H,19,21)/t14-/m1/s1. The summed E-state index contributed by atoms with van der Waals surface area (Å²) in [6.45, 7) is 2.36. The molecule has 0 saturated carbocycles. The van der Waals surface area contributed by atoms with E-state index in [4.69, 9.17) is 9.15 Å². The third-order valence-corrected chi connectivity index (χ3v) is 3.48. The van der Waals surface area contributed by atoms with Gasteiger partial charge in [-0.05, 0) is 24.3 Å². The maximum Gasteiger partial charge on any atom is 0.252 e. The van der Waals surface area contributed by atoms with Gasteiger partial charge in [0.25, 0.3) is 5.91 Å². The monoisotopic (exact) mass is 317 g/mol. The summed E-state index contributed by atoms with van der Waals surface area (Å²) in [4.78, 5) is 18.6. The minimum Gasteiger partial charge on any atom is -0.464 e. The van der Waals surface area contributed by atoms with Gasteiger partial charge in [-0.15, -0.1) is 0 Å². The number of carbonyl (C=O) groups is 1. The first-order chi connectivity index (χ1) is 11.0. The van der Waals surface area contributed by atoms with E-state index in [1.165, 1.54) is 0 Å². The summed E-state index contributed by atoms with van der Waals surface area (Å²) in [5.41, 5.74) is 0.548. The molecule has 2 aromatic heterocycles. The highest BCUT2D eigenvalue weighted by molar-refractivity contribution is 5.95. The molecule has 0 spiro atoms. The molecular formula is C17H23N3O3. The number of anilines is 1. The van der Waals surface area contributed by atoms with E-state index in [0.717, 1.165) is 18.0 Å². The summed E-state index contributed by atoms with van der Waals surface area (Å²) in [5.74, 6) is 2.12. The predicted molar refractivity (Wildman–Crippen MR) is 88.7 cm³/mol. The Morgan fingerprint density at radius 3 is 2.78 bits per heavy atom. The summed E-state index contributed by atoms with van der Waals surface area (Å²) in [7, 11) is 5.36. The van der Waals surface area contributed by atoms with Crippen molar-refractivity contribution in [2.24, 2.45) is 0 Å². The molecule has 0 aliphatic carbocycles. The lowest BCUT2D eigenvalue weighted by molar-refractivity contribution is 0.0882. The summed E-state index contributed by atoms with van der Waals surface area (Å²) in [5, 5.41) is 2.95. The smallest absolute Gasteiger partial charge is 0.252 e. The van der Waals surface area contributed by atoms with Crippen molar-refractivity contribution in [3.63, 3.8) is 0 Å². The van der Waals surface area contributed by atoms with Crippen LogP contribution in [0.4, 0.5) is 5.82 Å². The number of aryl methyl sites for hydroxylation is 1. The summed E-state index contributed by atoms with van der Waals surface area (Å²) < 4.78 is 10.9. The first-order valence-corrected chi connectivity index (χ1v) is 7.57. The van der Waals surface area contributed by atoms with E-state index in [-0.39, 0.29) is 11.9 Å². The van der Waals surface area contributed by atoms with Gasteiger partial charge in [0.15, 0.2) is 0 Å². The number of methoxy groups -OCH3 is 1. The van der Waals surface area contributed by atoms with E-state index in [9.17, 15) is 4.79 Å². The Balaban J connectivity index is 2.16. The molecule has 0 aliphatic heterocycles. The van der Waals surface area contributed by atoms with Gasteiger partial charge in [-0.2, -0.15) is 0 Å². The van der Waals surface area contributed by atoms with E-state index in [1.807, 2.05) is 38.1 Å². The van der Waals surface area contributed by atoms with Gasteiger partial charge in [-0.25, -0.2) is 4.98 Å². The van der Waals surface area contributed by atoms with Gasteiger partial charge in [-0.1, -0.05) is 6.92 Å². The number of aromatic nitrogens is 1. The normalized spacial score (nSPS) is 12.0. The number of nitrogens with zero attached hydrogens (tertiary/aromatic N) is 2. The molecule has 2 rings (SSSR count). The molecule has 23 heavy (non-hydrogen) atoms. The van der Waals surface area contributed by atoms with Crippen molar-refractivity contribution in [2.75, 3.05) is 32.7 Å². The number of furan rings is 1. The fourth-order valence-electron chi connectivity index (χ4n) is 2.18. The molecule has 0 aromatic carbocycles. The average molecular weight is 317 g/mol. The van der Waals surface area contributed by atoms with Crippen LogP contribution in [0.5, 0.6) is 0 Å². The van der Waals surface area contributed by atoms with Gasteiger partial charge in [-0.3, -0.25) is 4.79 Å². The molecule has 0 saturated heterocycles. The number of ether oxygens (including phenoxy) is 1. The van der Waals surface area contributed by atoms with E-state index >= 15 is 0 Å². The molecule has 1 amide bonds. The molecule has 0 bridgehead atoms. The van der Waals surface area contributed by atoms with Crippen molar-refractivity contribution >= 4 is 11.7 Å². The van der Waals surface area contributed by atoms with E-state index in [1.54, 1.807) is 25.4 Å². The van der Waals surface area contributed by atoms with Crippen molar-refractivity contribution < 1.29 is 13.9 Å². The van der Waals surface area contributed by atoms with Crippen LogP contribution in [0.1, 0.15) is 34.8 Å². The zero-order valence-corrected chi connectivity index (χ0v) is 14.0. The minimum atomic E-state index is -0.330. The SMILES string of the molecule is CCc1ccc([C@@H](COC)NC(=O)c2ccnc(N(C)C)c2)o1. The van der Waals surface area contributed by atoms with Gasteiger partial charge in [0, 0.05) is 39.4 Å². The number of amides is 1. The summed E-state index contributed by atoms with van der Waals surface area (Å²) >= 11 is 0. The van der Waals surface area contributed by atoms with Crippen molar-refractivity contribution in [3.05, 3.63) is 47.5 Å². The fraction of sp³-hybridized carbons (Fsp3) is 0.412. The van der Waals surface area contributed by atoms with Gasteiger partial charge >= 0.3 is 0 Å². The molecule has 124 valence electrons. The van der Waals surface area contributed by atoms with Crippen LogP contribution < -0.4 is 10.2 Å². The second-order valence-electron chi connectivity index (χ2n) is 5.44. The second-order valence-corrected chi connectivity index (χ2v) is 5.44. The lowest BCUT2D eigenvalue weighted by Crippen LogP contribution is -2.31. The highest BCUT2D eigenvalue weighted by atomic mass is 16.5. The third-order valence-electron chi connectivity index (χ3n) is 3.48. The number of rotatable bonds is 7. The number of carbonyl (C=O) groups excluding carboxylic acids is 1. The van der Waals surface area contributed by atoms with Crippen molar-refractivity contribution in [3.8, 4) is 0 Å². The van der Waals surface area contributed by atoms with E-state index in [2.05, 4.69) is 10.3 Å². The zero-order chi connectivity index (χ0) is 16.8. The van der Waals surface area contributed by atoms with Gasteiger partial charge < -0.3 is 19.4 Å². The molecule has 0 unspecified atom stereocenters. The molecule has 0 aliphatic rings. The first kappa shape index (κ1) is 17.0. The highest BCUT2D eigenvalue weighted by Crippen LogP contribution is 2.19. The van der Waals surface area contributed by atoms with Gasteiger partial charge in [0.05, 0.1) is 6.61 Å². The van der Waals surface area contributed by atoms with Crippen molar-refractivity contribution in [2.45, 2.75) is 19.4 Å². The molecular weight excluding hydrogens is 294 g/mol. The van der Waals surface area contributed by atoms with Crippen LogP contribution in [0, 0.1) is 0 Å². The minimum absolute atomic E-state index is 0.188. The lowest BCUT2D eigenvalue weighted by atomic mass is 10.2. The molecule has 1 atom stereocenters. The maximum absolute atomic E-state index is 12.5. The Morgan fingerprint density at radius 1 is 1.39 bits per heavy atom. The Morgan fingerprint density at radius 2 is 2.17 bits per heavy atom. The van der Waals surface area contributed by atoms with Crippen LogP contribution in [0.3, 0.4) is 0 Å². The number of nitrogens with one attached hydrogen (secondary N) is 1. The first-order valence-electron chi connectivity index (χ1n) is 7.57.